The third kappa shape index (κ3) is 27.9. The molecule has 0 aliphatic rings. The largest absolute Gasteiger partial charge is 0.466 e. The van der Waals surface area contributed by atoms with Crippen molar-refractivity contribution in [3.05, 3.63) is 37.5 Å². The number of esters is 3. The Bertz CT molecular complexity index is 519. The Labute approximate surface area is 168 Å². The first kappa shape index (κ1) is 29.9. The highest BCUT2D eigenvalue weighted by atomic mass is 16.5. The van der Waals surface area contributed by atoms with E-state index in [1.165, 1.54) is 32.4 Å². The Morgan fingerprint density at radius 2 is 1.46 bits per heavy atom. The Morgan fingerprint density at radius 1 is 0.964 bits per heavy atom. The van der Waals surface area contributed by atoms with Gasteiger partial charge in [0, 0.05) is 17.7 Å². The van der Waals surface area contributed by atoms with E-state index in [9.17, 15) is 14.4 Å². The van der Waals surface area contributed by atoms with Crippen LogP contribution in [0.4, 0.5) is 0 Å². The molecule has 158 valence electrons. The maximum absolute atomic E-state index is 10.6. The fourth-order valence-electron chi connectivity index (χ4n) is 1.37. The van der Waals surface area contributed by atoms with Crippen LogP contribution in [-0.4, -0.2) is 38.2 Å². The molecule has 0 aromatic heterocycles. The van der Waals surface area contributed by atoms with Crippen molar-refractivity contribution in [1.82, 2.24) is 0 Å². The minimum atomic E-state index is -0.481. The van der Waals surface area contributed by atoms with Crippen LogP contribution in [-0.2, 0) is 28.6 Å². The van der Waals surface area contributed by atoms with E-state index in [4.69, 9.17) is 10.00 Å². The van der Waals surface area contributed by atoms with E-state index in [-0.39, 0.29) is 25.0 Å². The zero-order valence-corrected chi connectivity index (χ0v) is 17.3. The molecule has 0 saturated carbocycles. The van der Waals surface area contributed by atoms with E-state index >= 15 is 0 Å². The van der Waals surface area contributed by atoms with Crippen LogP contribution in [0.25, 0.3) is 0 Å². The van der Waals surface area contributed by atoms with Crippen molar-refractivity contribution in [2.24, 2.45) is 0 Å². The number of nitrogens with zero attached hydrogens (tertiary/aromatic N) is 1. The molecule has 0 atom stereocenters. The average molecular weight is 395 g/mol. The number of nitriles is 1. The maximum atomic E-state index is 10.6. The fourth-order valence-corrected chi connectivity index (χ4v) is 1.37. The number of ether oxygens (including phenoxy) is 3. The van der Waals surface area contributed by atoms with Gasteiger partial charge in [-0.1, -0.05) is 52.3 Å². The lowest BCUT2D eigenvalue weighted by Gasteiger charge is -2.00. The first-order valence-corrected chi connectivity index (χ1v) is 8.99. The molecule has 0 rings (SSSR count). The fraction of sp³-hybridized carbons (Fsp3) is 0.524. The molecule has 0 saturated heterocycles. The van der Waals surface area contributed by atoms with Gasteiger partial charge >= 0.3 is 17.9 Å². The minimum absolute atomic E-state index is 0.154. The summed E-state index contributed by atoms with van der Waals surface area (Å²) >= 11 is 0. The smallest absolute Gasteiger partial charge is 0.332 e. The molecule has 0 spiro atoms. The van der Waals surface area contributed by atoms with Crippen LogP contribution < -0.4 is 0 Å². The molecule has 0 bridgehead atoms. The molecule has 28 heavy (non-hydrogen) atoms. The minimum Gasteiger partial charge on any atom is -0.466 e. The van der Waals surface area contributed by atoms with Gasteiger partial charge in [0.25, 0.3) is 0 Å². The Hall–Kier alpha value is -2.88. The summed E-state index contributed by atoms with van der Waals surface area (Å²) in [7, 11) is 1.33. The number of methoxy groups -OCH3 is 1. The van der Waals surface area contributed by atoms with Gasteiger partial charge in [-0.05, 0) is 13.3 Å². The quantitative estimate of drug-likeness (QED) is 0.225. The van der Waals surface area contributed by atoms with Gasteiger partial charge in [-0.2, -0.15) is 5.26 Å². The normalized spacial score (nSPS) is 8.36. The van der Waals surface area contributed by atoms with Gasteiger partial charge in [-0.15, -0.1) is 0 Å². The second kappa shape index (κ2) is 24.1. The Morgan fingerprint density at radius 3 is 1.82 bits per heavy atom. The Balaban J connectivity index is -0.000000349. The van der Waals surface area contributed by atoms with Crippen molar-refractivity contribution in [3.8, 4) is 6.07 Å². The van der Waals surface area contributed by atoms with Crippen LogP contribution in [0.5, 0.6) is 0 Å². The highest BCUT2D eigenvalue weighted by molar-refractivity contribution is 5.86. The molecule has 0 amide bonds. The van der Waals surface area contributed by atoms with Gasteiger partial charge in [0.15, 0.2) is 0 Å². The van der Waals surface area contributed by atoms with Crippen LogP contribution in [0.1, 0.15) is 52.4 Å². The molecule has 0 aliphatic heterocycles. The summed E-state index contributed by atoms with van der Waals surface area (Å²) < 4.78 is 13.5. The highest BCUT2D eigenvalue weighted by Gasteiger charge is 1.96. The zero-order valence-electron chi connectivity index (χ0n) is 17.3. The third-order valence-electron chi connectivity index (χ3n) is 2.82. The van der Waals surface area contributed by atoms with E-state index in [0.29, 0.717) is 12.2 Å². The molecule has 0 radical (unpaired) electrons. The molecule has 0 aromatic carbocycles. The van der Waals surface area contributed by atoms with E-state index in [1.54, 1.807) is 6.92 Å². The molecule has 0 N–H and O–H groups in total. The first-order valence-electron chi connectivity index (χ1n) is 8.99. The summed E-state index contributed by atoms with van der Waals surface area (Å²) in [6.07, 6.45) is 8.38. The van der Waals surface area contributed by atoms with Crippen LogP contribution in [0.3, 0.4) is 0 Å². The van der Waals surface area contributed by atoms with E-state index in [0.717, 1.165) is 18.9 Å². The number of hydrogen-bond donors (Lipinski definition) is 0. The summed E-state index contributed by atoms with van der Waals surface area (Å²) in [5, 5.41) is 7.98. The van der Waals surface area contributed by atoms with Crippen LogP contribution in [0.15, 0.2) is 37.5 Å². The average Bonchev–Trinajstić information content (AvgIpc) is 2.70. The van der Waals surface area contributed by atoms with Gasteiger partial charge in [-0.3, -0.25) is 0 Å². The van der Waals surface area contributed by atoms with Crippen LogP contribution >= 0.6 is 0 Å². The van der Waals surface area contributed by atoms with Gasteiger partial charge in [0.05, 0.1) is 26.2 Å². The first-order chi connectivity index (χ1) is 13.3. The van der Waals surface area contributed by atoms with Crippen LogP contribution in [0.2, 0.25) is 0 Å². The molecule has 7 heteroatoms. The predicted octanol–water partition coefficient (Wildman–Crippen LogP) is 4.05. The Kier molecular flexibility index (Phi) is 25.7. The molecule has 0 heterocycles. The number of rotatable bonds is 11. The number of carbonyl (C=O) groups excluding carboxylic acids is 3. The van der Waals surface area contributed by atoms with Crippen molar-refractivity contribution in [2.45, 2.75) is 52.4 Å². The molecule has 7 nitrogen and oxygen atoms in total. The molecular weight excluding hydrogens is 362 g/mol. The van der Waals surface area contributed by atoms with E-state index < -0.39 is 5.97 Å². The van der Waals surface area contributed by atoms with Gasteiger partial charge in [-0.25, -0.2) is 14.4 Å². The predicted molar refractivity (Wildman–Crippen MR) is 108 cm³/mol. The molecule has 0 fully saturated rings. The van der Waals surface area contributed by atoms with E-state index in [2.05, 4.69) is 36.1 Å². The summed E-state index contributed by atoms with van der Waals surface area (Å²) in [6, 6.07) is 1.84. The lowest BCUT2D eigenvalue weighted by Crippen LogP contribution is -2.01. The standard InChI is InChI=1S/C10H18O2.C6H7NO2.C5H8O2/c1-3-5-6-7-8-9-12-10(11)4-2;1-2-6(8)9-5-3-4-7;1-4(2)5(6)7-3/h4H,2-3,5-9H2,1H3;2H,1,3,5H2;1H2,2-3H3. The summed E-state index contributed by atoms with van der Waals surface area (Å²) in [5.41, 5.74) is 0.433. The van der Waals surface area contributed by atoms with Gasteiger partial charge in [0.1, 0.15) is 6.61 Å². The molecule has 0 unspecified atom stereocenters. The summed E-state index contributed by atoms with van der Waals surface area (Å²) in [4.78, 5) is 31.0. The van der Waals surface area contributed by atoms with Gasteiger partial charge < -0.3 is 14.2 Å². The summed E-state index contributed by atoms with van der Waals surface area (Å²) in [6.45, 7) is 14.3. The number of hydrogen-bond acceptors (Lipinski definition) is 7. The highest BCUT2D eigenvalue weighted by Crippen LogP contribution is 2.02. The molecule has 0 aliphatic carbocycles. The SMILES string of the molecule is C=C(C)C(=O)OC.C=CC(=O)OCCC#N.C=CC(=O)OCCCCCCC. The van der Waals surface area contributed by atoms with Crippen LogP contribution in [0, 0.1) is 11.3 Å². The van der Waals surface area contributed by atoms with Crippen molar-refractivity contribution >= 4 is 17.9 Å². The van der Waals surface area contributed by atoms with Crippen molar-refractivity contribution in [3.63, 3.8) is 0 Å². The second-order valence-corrected chi connectivity index (χ2v) is 5.34. The van der Waals surface area contributed by atoms with Gasteiger partial charge in [0.2, 0.25) is 0 Å². The molecule has 0 aromatic rings. The molecular formula is C21H33NO6. The number of unbranched alkanes of at least 4 members (excludes halogenated alkanes) is 4. The summed E-state index contributed by atoms with van der Waals surface area (Å²) in [5.74, 6) is -1.14. The lowest BCUT2D eigenvalue weighted by molar-refractivity contribution is -0.138. The maximum Gasteiger partial charge on any atom is 0.332 e. The topological polar surface area (TPSA) is 103 Å². The number of carbonyl (C=O) groups is 3. The zero-order chi connectivity index (χ0) is 22.2. The monoisotopic (exact) mass is 395 g/mol. The van der Waals surface area contributed by atoms with Crippen molar-refractivity contribution in [2.75, 3.05) is 20.3 Å². The van der Waals surface area contributed by atoms with E-state index in [1.807, 2.05) is 6.07 Å². The van der Waals surface area contributed by atoms with Crippen molar-refractivity contribution in [1.29, 1.82) is 5.26 Å². The second-order valence-electron chi connectivity index (χ2n) is 5.34. The third-order valence-corrected chi connectivity index (χ3v) is 2.82. The lowest BCUT2D eigenvalue weighted by atomic mass is 10.2. The van der Waals surface area contributed by atoms with Crippen molar-refractivity contribution < 1.29 is 28.6 Å².